The molecule has 0 saturated heterocycles. The Morgan fingerprint density at radius 2 is 0.753 bits per heavy atom. The number of nitrogens with zero attached hydrogens (tertiary/aromatic N) is 4. The van der Waals surface area contributed by atoms with Crippen molar-refractivity contribution in [2.75, 3.05) is 0 Å². The Bertz CT molecular complexity index is 2780. The third kappa shape index (κ3) is 25.0. The maximum absolute atomic E-state index is 11.4. The highest BCUT2D eigenvalue weighted by Crippen LogP contribution is 2.39. The third-order valence-electron chi connectivity index (χ3n) is 14.3. The van der Waals surface area contributed by atoms with E-state index in [9.17, 15) is 10.0 Å². The standard InChI is InChI=1S/C13H22NO.C13H21NO.3C13H21N.C12H20S/c1-12(2,3)10-8-7-9-14(15)11(10)13(4,5)6;1-12(2,3)9-7-8-10(15)14-11(9)13(4,5)6;2*1-12(2,3)10-7-8-14-9-11(10)13(4,5)6;1-12(2,3)10-8-7-9-14-11(10)13(4,5)6;1-11(2,3)9-7-8-13-10(9)12(4,5)6/h7-9,15H,1-6H3;7-8H,1-6H3,(H,14,15);3*7-9H,1-6H3;7-8H,1-6H3/q+1;;;;;. The zero-order valence-electron chi connectivity index (χ0n) is 61.3. The van der Waals surface area contributed by atoms with Crippen molar-refractivity contribution in [3.8, 4) is 0 Å². The highest BCUT2D eigenvalue weighted by molar-refractivity contribution is 7.10. The lowest BCUT2D eigenvalue weighted by molar-refractivity contribution is -0.911. The van der Waals surface area contributed by atoms with Crippen molar-refractivity contribution < 1.29 is 9.94 Å². The summed E-state index contributed by atoms with van der Waals surface area (Å²) in [5.41, 5.74) is 15.7. The fraction of sp³-hybridized carbons (Fsp3) is 0.623. The SMILES string of the molecule is CC(C)(C)c1ccc(=O)[nH]c1C(C)(C)C.CC(C)(C)c1ccc[n+](O)c1C(C)(C)C.CC(C)(C)c1cccnc1C(C)(C)C.CC(C)(C)c1ccncc1C(C)(C)C.CC(C)(C)c1ccncc1C(C)(C)C.CC(C)(C)c1ccsc1C(C)(C)C. The first-order valence-corrected chi connectivity index (χ1v) is 32.0. The minimum absolute atomic E-state index is 0.0204. The van der Waals surface area contributed by atoms with Crippen molar-refractivity contribution in [3.63, 3.8) is 0 Å². The smallest absolute Gasteiger partial charge is 0.248 e. The van der Waals surface area contributed by atoms with Crippen LogP contribution < -0.4 is 10.3 Å². The lowest BCUT2D eigenvalue weighted by Crippen LogP contribution is -2.43. The van der Waals surface area contributed by atoms with Crippen molar-refractivity contribution in [2.24, 2.45) is 0 Å². The molecule has 2 N–H and O–H groups in total. The van der Waals surface area contributed by atoms with Gasteiger partial charge in [-0.15, -0.1) is 11.3 Å². The van der Waals surface area contributed by atoms with Gasteiger partial charge in [0.1, 0.15) is 0 Å². The fourth-order valence-electron chi connectivity index (χ4n) is 9.92. The van der Waals surface area contributed by atoms with Gasteiger partial charge in [0.05, 0.1) is 5.41 Å². The second-order valence-corrected chi connectivity index (χ2v) is 36.5. The first-order valence-electron chi connectivity index (χ1n) is 31.1. The molecule has 0 radical (unpaired) electrons. The van der Waals surface area contributed by atoms with E-state index >= 15 is 0 Å². The molecule has 6 rings (SSSR count). The van der Waals surface area contributed by atoms with Gasteiger partial charge in [0.2, 0.25) is 17.5 Å². The van der Waals surface area contributed by atoms with E-state index in [4.69, 9.17) is 0 Å². The van der Waals surface area contributed by atoms with E-state index in [0.29, 0.717) is 0 Å². The molecule has 0 saturated carbocycles. The van der Waals surface area contributed by atoms with Crippen LogP contribution in [-0.4, -0.2) is 25.1 Å². The molecule has 6 heterocycles. The molecule has 6 aromatic rings. The number of H-pyrrole nitrogens is 1. The maximum Gasteiger partial charge on any atom is 0.248 e. The molecule has 0 aliphatic rings. The minimum atomic E-state index is -0.0569. The lowest BCUT2D eigenvalue weighted by atomic mass is 9.76. The van der Waals surface area contributed by atoms with E-state index in [-0.39, 0.29) is 70.5 Å². The largest absolute Gasteiger partial charge is 0.325 e. The zero-order chi connectivity index (χ0) is 66.9. The van der Waals surface area contributed by atoms with E-state index in [1.807, 2.05) is 60.5 Å². The number of aromatic nitrogens is 5. The van der Waals surface area contributed by atoms with Gasteiger partial charge >= 0.3 is 0 Å². The Morgan fingerprint density at radius 1 is 0.365 bits per heavy atom. The fourth-order valence-corrected chi connectivity index (χ4v) is 11.1. The molecular weight excluding hydrogens is 1060 g/mol. The van der Waals surface area contributed by atoms with Crippen LogP contribution in [0.5, 0.6) is 0 Å². The second kappa shape index (κ2) is 28.5. The Morgan fingerprint density at radius 3 is 1.05 bits per heavy atom. The van der Waals surface area contributed by atoms with E-state index in [1.54, 1.807) is 12.3 Å². The van der Waals surface area contributed by atoms with E-state index in [1.165, 1.54) is 59.8 Å². The van der Waals surface area contributed by atoms with Gasteiger partial charge in [-0.1, -0.05) is 261 Å². The van der Waals surface area contributed by atoms with Gasteiger partial charge in [0, 0.05) is 80.5 Å². The monoisotopic (exact) mass is 1180 g/mol. The van der Waals surface area contributed by atoms with Gasteiger partial charge in [-0.3, -0.25) is 25.0 Å². The summed E-state index contributed by atoms with van der Waals surface area (Å²) in [6.07, 6.45) is 11.3. The number of thiophene rings is 1. The Hall–Kier alpha value is -4.95. The summed E-state index contributed by atoms with van der Waals surface area (Å²) in [5.74, 6) is 0. The topological polar surface area (TPSA) is 95.6 Å². The highest BCUT2D eigenvalue weighted by Gasteiger charge is 2.35. The molecular formula is C77H126N5O2S+. The first kappa shape index (κ1) is 78.1. The van der Waals surface area contributed by atoms with Crippen molar-refractivity contribution >= 4 is 11.3 Å². The van der Waals surface area contributed by atoms with Gasteiger partial charge in [-0.25, -0.2) is 0 Å². The summed E-state index contributed by atoms with van der Waals surface area (Å²) >= 11 is 1.88. The van der Waals surface area contributed by atoms with Gasteiger partial charge in [0.15, 0.2) is 0 Å². The summed E-state index contributed by atoms with van der Waals surface area (Å²) in [6.45, 7) is 79.6. The van der Waals surface area contributed by atoms with Crippen LogP contribution in [0.3, 0.4) is 0 Å². The van der Waals surface area contributed by atoms with Crippen LogP contribution in [0.4, 0.5) is 0 Å². The van der Waals surface area contributed by atoms with E-state index in [2.05, 4.69) is 305 Å². The number of nitrogens with one attached hydrogen (secondary N) is 1. The Balaban J connectivity index is 0.000000510. The number of hydrogen-bond donors (Lipinski definition) is 2. The molecule has 0 unspecified atom stereocenters. The number of pyridine rings is 5. The van der Waals surface area contributed by atoms with Crippen LogP contribution >= 0.6 is 11.3 Å². The van der Waals surface area contributed by atoms with Crippen LogP contribution in [0.1, 0.15) is 316 Å². The highest BCUT2D eigenvalue weighted by atomic mass is 32.1. The van der Waals surface area contributed by atoms with Gasteiger partial charge in [0.25, 0.3) is 0 Å². The van der Waals surface area contributed by atoms with Gasteiger partial charge in [-0.05, 0) is 123 Å². The molecule has 0 amide bonds. The van der Waals surface area contributed by atoms with Gasteiger partial charge < -0.3 is 4.98 Å². The van der Waals surface area contributed by atoms with E-state index in [0.717, 1.165) is 11.4 Å². The molecule has 6 aromatic heterocycles. The molecule has 0 fully saturated rings. The predicted molar refractivity (Wildman–Crippen MR) is 372 cm³/mol. The summed E-state index contributed by atoms with van der Waals surface area (Å²) in [7, 11) is 0. The third-order valence-corrected chi connectivity index (χ3v) is 15.7. The van der Waals surface area contributed by atoms with Crippen LogP contribution in [0.25, 0.3) is 0 Å². The van der Waals surface area contributed by atoms with Crippen molar-refractivity contribution in [3.05, 3.63) is 174 Å². The van der Waals surface area contributed by atoms with E-state index < -0.39 is 0 Å². The molecule has 0 bridgehead atoms. The molecule has 476 valence electrons. The molecule has 0 aliphatic heterocycles. The average Bonchev–Trinajstić information content (AvgIpc) is 3.21. The molecule has 85 heavy (non-hydrogen) atoms. The average molecular weight is 1190 g/mol. The lowest BCUT2D eigenvalue weighted by Gasteiger charge is -2.29. The summed E-state index contributed by atoms with van der Waals surface area (Å²) < 4.78 is 1.25. The number of hydrogen-bond acceptors (Lipinski definition) is 6. The Labute approximate surface area is 526 Å². The normalized spacial score (nSPS) is 13.0. The van der Waals surface area contributed by atoms with Crippen LogP contribution in [0.2, 0.25) is 0 Å². The minimum Gasteiger partial charge on any atom is -0.325 e. The van der Waals surface area contributed by atoms with Crippen molar-refractivity contribution in [1.29, 1.82) is 0 Å². The number of rotatable bonds is 0. The van der Waals surface area contributed by atoms with Gasteiger partial charge in [-0.2, -0.15) is 0 Å². The van der Waals surface area contributed by atoms with Crippen molar-refractivity contribution in [1.82, 2.24) is 19.9 Å². The zero-order valence-corrected chi connectivity index (χ0v) is 62.1. The number of aromatic amines is 1. The molecule has 0 aromatic carbocycles. The molecule has 0 atom stereocenters. The molecule has 0 aliphatic carbocycles. The molecule has 7 nitrogen and oxygen atoms in total. The maximum atomic E-state index is 11.4. The van der Waals surface area contributed by atoms with Crippen molar-refractivity contribution in [2.45, 2.75) is 314 Å². The molecule has 0 spiro atoms. The van der Waals surface area contributed by atoms with Crippen LogP contribution in [-0.2, 0) is 65.0 Å². The second-order valence-electron chi connectivity index (χ2n) is 35.6. The Kier molecular flexibility index (Phi) is 26.1. The van der Waals surface area contributed by atoms with Crippen LogP contribution in [0.15, 0.2) is 102 Å². The molecule has 8 heteroatoms. The quantitative estimate of drug-likeness (QED) is 0.117. The summed E-state index contributed by atoms with van der Waals surface area (Å²) in [4.78, 5) is 28.8. The van der Waals surface area contributed by atoms with Crippen LogP contribution in [0, 0.1) is 0 Å². The summed E-state index contributed by atoms with van der Waals surface area (Å²) in [5, 5.41) is 12.1. The first-order chi connectivity index (χ1) is 37.7. The predicted octanol–water partition coefficient (Wildman–Crippen LogP) is 21.1. The summed E-state index contributed by atoms with van der Waals surface area (Å²) in [6, 6.07) is 18.3.